The van der Waals surface area contributed by atoms with Gasteiger partial charge >= 0.3 is 0 Å². The molecule has 2 unspecified atom stereocenters. The van der Waals surface area contributed by atoms with Crippen molar-refractivity contribution in [3.63, 3.8) is 0 Å². The van der Waals surface area contributed by atoms with Crippen molar-refractivity contribution in [1.82, 2.24) is 4.90 Å². The van der Waals surface area contributed by atoms with Gasteiger partial charge in [-0.05, 0) is 74.5 Å². The Kier molecular flexibility index (Phi) is 3.45. The molecule has 0 aromatic carbocycles. The van der Waals surface area contributed by atoms with Gasteiger partial charge in [-0.1, -0.05) is 0 Å². The predicted octanol–water partition coefficient (Wildman–Crippen LogP) is 2.43. The highest BCUT2D eigenvalue weighted by atomic mass is 16.2. The molecule has 0 radical (unpaired) electrons. The fourth-order valence-corrected chi connectivity index (χ4v) is 6.35. The van der Waals surface area contributed by atoms with Gasteiger partial charge in [-0.15, -0.1) is 0 Å². The first-order valence-electron chi connectivity index (χ1n) is 9.04. The molecule has 0 aromatic heterocycles. The maximum absolute atomic E-state index is 12.6. The summed E-state index contributed by atoms with van der Waals surface area (Å²) in [6.07, 6.45) is 10.2. The molecule has 22 heavy (non-hydrogen) atoms. The van der Waals surface area contributed by atoms with E-state index in [9.17, 15) is 10.1 Å². The minimum atomic E-state index is -0.212. The van der Waals surface area contributed by atoms with Crippen molar-refractivity contribution in [3.8, 4) is 6.07 Å². The predicted molar refractivity (Wildman–Crippen MR) is 83.5 cm³/mol. The van der Waals surface area contributed by atoms with Crippen LogP contribution in [-0.4, -0.2) is 29.4 Å². The highest BCUT2D eigenvalue weighted by Gasteiger charge is 2.53. The summed E-state index contributed by atoms with van der Waals surface area (Å²) in [6, 6.07) is 2.05. The number of rotatable bonds is 3. The third kappa shape index (κ3) is 2.25. The van der Waals surface area contributed by atoms with Crippen LogP contribution in [0.25, 0.3) is 0 Å². The van der Waals surface area contributed by atoms with Gasteiger partial charge in [0.2, 0.25) is 5.91 Å². The lowest BCUT2D eigenvalue weighted by Crippen LogP contribution is -2.55. The van der Waals surface area contributed by atoms with Crippen molar-refractivity contribution in [2.45, 2.75) is 69.9 Å². The Hall–Kier alpha value is -1.08. The van der Waals surface area contributed by atoms with E-state index in [4.69, 9.17) is 5.73 Å². The molecule has 2 atom stereocenters. The van der Waals surface area contributed by atoms with E-state index in [0.29, 0.717) is 6.42 Å². The van der Waals surface area contributed by atoms with Gasteiger partial charge in [0.15, 0.2) is 0 Å². The van der Waals surface area contributed by atoms with Gasteiger partial charge in [-0.3, -0.25) is 4.79 Å². The largest absolute Gasteiger partial charge is 0.327 e. The van der Waals surface area contributed by atoms with Gasteiger partial charge in [0.05, 0.1) is 6.07 Å². The van der Waals surface area contributed by atoms with Crippen LogP contribution in [0.2, 0.25) is 0 Å². The molecule has 1 amide bonds. The van der Waals surface area contributed by atoms with Gasteiger partial charge in [-0.25, -0.2) is 0 Å². The molecule has 4 heteroatoms. The third-order valence-electron chi connectivity index (χ3n) is 6.99. The number of nitrogens with two attached hydrogens (primary N) is 1. The SMILES string of the molecule is N#CC1CCCN1C(=O)CC(N)C12CC3CC(CC(C3)C1)C2. The fraction of sp³-hybridized carbons (Fsp3) is 0.889. The number of hydrogen-bond acceptors (Lipinski definition) is 3. The van der Waals surface area contributed by atoms with Crippen LogP contribution in [0.3, 0.4) is 0 Å². The smallest absolute Gasteiger partial charge is 0.225 e. The first kappa shape index (κ1) is 14.5. The molecule has 0 aromatic rings. The molecule has 4 saturated carbocycles. The van der Waals surface area contributed by atoms with E-state index >= 15 is 0 Å². The standard InChI is InChI=1S/C18H27N3O/c19-11-15-2-1-3-21(15)17(22)7-16(20)18-8-12-4-13(9-18)6-14(5-12)10-18/h12-16H,1-10,20H2. The second-order valence-electron chi connectivity index (χ2n) is 8.46. The molecule has 2 N–H and O–H groups in total. The molecule has 1 aliphatic heterocycles. The first-order valence-corrected chi connectivity index (χ1v) is 9.04. The van der Waals surface area contributed by atoms with Crippen LogP contribution in [0.5, 0.6) is 0 Å². The van der Waals surface area contributed by atoms with Gasteiger partial charge < -0.3 is 10.6 Å². The quantitative estimate of drug-likeness (QED) is 0.870. The Labute approximate surface area is 133 Å². The molecular weight excluding hydrogens is 274 g/mol. The van der Waals surface area contributed by atoms with Crippen molar-refractivity contribution in [2.75, 3.05) is 6.54 Å². The van der Waals surface area contributed by atoms with Crippen molar-refractivity contribution in [3.05, 3.63) is 0 Å². The summed E-state index contributed by atoms with van der Waals surface area (Å²) in [7, 11) is 0. The number of nitrogens with zero attached hydrogens (tertiary/aromatic N) is 2. The third-order valence-corrected chi connectivity index (χ3v) is 6.99. The van der Waals surface area contributed by atoms with Gasteiger partial charge in [0, 0.05) is 19.0 Å². The highest BCUT2D eigenvalue weighted by Crippen LogP contribution is 2.61. The molecule has 0 spiro atoms. The summed E-state index contributed by atoms with van der Waals surface area (Å²) < 4.78 is 0. The summed E-state index contributed by atoms with van der Waals surface area (Å²) in [5.41, 5.74) is 6.83. The summed E-state index contributed by atoms with van der Waals surface area (Å²) >= 11 is 0. The molecule has 5 rings (SSSR count). The number of carbonyl (C=O) groups excluding carboxylic acids is 1. The number of carbonyl (C=O) groups is 1. The van der Waals surface area contributed by atoms with E-state index < -0.39 is 0 Å². The molecule has 4 nitrogen and oxygen atoms in total. The number of amides is 1. The average Bonchev–Trinajstić information content (AvgIpc) is 2.94. The van der Waals surface area contributed by atoms with E-state index in [1.165, 1.54) is 38.5 Å². The van der Waals surface area contributed by atoms with Gasteiger partial charge in [-0.2, -0.15) is 5.26 Å². The topological polar surface area (TPSA) is 70.1 Å². The number of nitriles is 1. The Morgan fingerprint density at radius 1 is 1.23 bits per heavy atom. The van der Waals surface area contributed by atoms with Crippen LogP contribution in [0.4, 0.5) is 0 Å². The van der Waals surface area contributed by atoms with Crippen LogP contribution in [0.15, 0.2) is 0 Å². The van der Waals surface area contributed by atoms with E-state index in [0.717, 1.165) is 37.1 Å². The minimum Gasteiger partial charge on any atom is -0.327 e. The average molecular weight is 301 g/mol. The zero-order chi connectivity index (χ0) is 15.3. The molecule has 4 bridgehead atoms. The normalized spacial score (nSPS) is 44.1. The number of hydrogen-bond donors (Lipinski definition) is 1. The molecule has 1 saturated heterocycles. The summed E-state index contributed by atoms with van der Waals surface area (Å²) in [6.45, 7) is 0.741. The lowest BCUT2D eigenvalue weighted by Gasteiger charge is -2.59. The minimum absolute atomic E-state index is 0.00616. The van der Waals surface area contributed by atoms with Crippen molar-refractivity contribution >= 4 is 5.91 Å². The van der Waals surface area contributed by atoms with E-state index in [1.54, 1.807) is 4.90 Å². The van der Waals surface area contributed by atoms with Crippen molar-refractivity contribution < 1.29 is 4.79 Å². The van der Waals surface area contributed by atoms with E-state index in [1.807, 2.05) is 0 Å². The van der Waals surface area contributed by atoms with Crippen LogP contribution in [-0.2, 0) is 4.79 Å². The van der Waals surface area contributed by atoms with Crippen LogP contribution >= 0.6 is 0 Å². The zero-order valence-corrected chi connectivity index (χ0v) is 13.3. The Morgan fingerprint density at radius 3 is 2.36 bits per heavy atom. The Balaban J connectivity index is 1.45. The van der Waals surface area contributed by atoms with Crippen LogP contribution < -0.4 is 5.73 Å². The fourth-order valence-electron chi connectivity index (χ4n) is 6.35. The van der Waals surface area contributed by atoms with Gasteiger partial charge in [0.1, 0.15) is 6.04 Å². The van der Waals surface area contributed by atoms with Crippen LogP contribution in [0, 0.1) is 34.5 Å². The lowest BCUT2D eigenvalue weighted by atomic mass is 9.47. The second-order valence-corrected chi connectivity index (χ2v) is 8.46. The molecule has 1 heterocycles. The maximum Gasteiger partial charge on any atom is 0.225 e. The molecule has 5 fully saturated rings. The highest BCUT2D eigenvalue weighted by molar-refractivity contribution is 5.78. The Morgan fingerprint density at radius 2 is 1.82 bits per heavy atom. The second kappa shape index (κ2) is 5.23. The maximum atomic E-state index is 12.6. The summed E-state index contributed by atoms with van der Waals surface area (Å²) in [5.74, 6) is 2.72. The summed E-state index contributed by atoms with van der Waals surface area (Å²) in [5, 5.41) is 9.17. The molecule has 5 aliphatic rings. The van der Waals surface area contributed by atoms with Crippen LogP contribution in [0.1, 0.15) is 57.8 Å². The van der Waals surface area contributed by atoms with E-state index in [2.05, 4.69) is 6.07 Å². The van der Waals surface area contributed by atoms with Crippen molar-refractivity contribution in [1.29, 1.82) is 5.26 Å². The molecule has 120 valence electrons. The first-order chi connectivity index (χ1) is 10.6. The van der Waals surface area contributed by atoms with Gasteiger partial charge in [0.25, 0.3) is 0 Å². The molecule has 4 aliphatic carbocycles. The zero-order valence-electron chi connectivity index (χ0n) is 13.3. The number of likely N-dealkylation sites (tertiary alicyclic amines) is 1. The lowest BCUT2D eigenvalue weighted by molar-refractivity contribution is -0.134. The summed E-state index contributed by atoms with van der Waals surface area (Å²) in [4.78, 5) is 14.4. The van der Waals surface area contributed by atoms with E-state index in [-0.39, 0.29) is 23.4 Å². The monoisotopic (exact) mass is 301 g/mol. The molecular formula is C18H27N3O. The van der Waals surface area contributed by atoms with Crippen molar-refractivity contribution in [2.24, 2.45) is 28.9 Å². The Bertz CT molecular complexity index is 474.